The van der Waals surface area contributed by atoms with Crippen molar-refractivity contribution in [2.24, 2.45) is 0 Å². The van der Waals surface area contributed by atoms with E-state index in [2.05, 4.69) is 15.5 Å². The zero-order valence-electron chi connectivity index (χ0n) is 11.7. The Morgan fingerprint density at radius 2 is 2.19 bits per heavy atom. The fourth-order valence-electron chi connectivity index (χ4n) is 2.60. The van der Waals surface area contributed by atoms with Gasteiger partial charge in [-0.1, -0.05) is 23.4 Å². The molecule has 1 aliphatic rings. The smallest absolute Gasteiger partial charge is 0.227 e. The van der Waals surface area contributed by atoms with Crippen molar-refractivity contribution in [3.8, 4) is 0 Å². The minimum absolute atomic E-state index is 0.0498. The molecule has 0 saturated heterocycles. The number of benzene rings is 1. The van der Waals surface area contributed by atoms with Crippen LogP contribution in [0.4, 0.5) is 0 Å². The monoisotopic (exact) mass is 307 g/mol. The van der Waals surface area contributed by atoms with Crippen LogP contribution in [0.15, 0.2) is 33.7 Å². The van der Waals surface area contributed by atoms with E-state index in [1.807, 2.05) is 12.1 Å². The van der Waals surface area contributed by atoms with Crippen LogP contribution < -0.4 is 5.32 Å². The van der Waals surface area contributed by atoms with Gasteiger partial charge in [-0.2, -0.15) is 4.98 Å². The summed E-state index contributed by atoms with van der Waals surface area (Å²) >= 11 is 0. The van der Waals surface area contributed by atoms with Crippen LogP contribution in [0.3, 0.4) is 0 Å². The summed E-state index contributed by atoms with van der Waals surface area (Å²) in [4.78, 5) is 4.59. The first-order valence-corrected chi connectivity index (χ1v) is 8.56. The van der Waals surface area contributed by atoms with Gasteiger partial charge >= 0.3 is 0 Å². The van der Waals surface area contributed by atoms with Gasteiger partial charge in [0, 0.05) is 19.0 Å². The molecule has 112 valence electrons. The number of aryl methyl sites for hydroxylation is 1. The lowest BCUT2D eigenvalue weighted by Gasteiger charge is -2.26. The molecule has 1 unspecified atom stereocenters. The summed E-state index contributed by atoms with van der Waals surface area (Å²) in [5.74, 6) is 1.40. The number of aromatic nitrogens is 2. The Morgan fingerprint density at radius 1 is 1.38 bits per heavy atom. The van der Waals surface area contributed by atoms with E-state index in [9.17, 15) is 8.42 Å². The molecule has 2 aromatic rings. The average molecular weight is 307 g/mol. The molecule has 1 atom stereocenters. The van der Waals surface area contributed by atoms with Crippen molar-refractivity contribution in [1.29, 1.82) is 0 Å². The third-order valence-corrected chi connectivity index (χ3v) is 5.42. The number of fused-ring (bicyclic) bond motifs is 1. The van der Waals surface area contributed by atoms with E-state index in [-0.39, 0.29) is 11.8 Å². The standard InChI is InChI=1S/C14H17N3O3S/c1-10-16-14(20-17-10)6-8-15-12-7-9-21(18,19)13-5-3-2-4-11(12)13/h2-5,12,15H,6-9H2,1H3. The van der Waals surface area contributed by atoms with Crippen LogP contribution in [0.1, 0.15) is 29.7 Å². The molecule has 0 bridgehead atoms. The Kier molecular flexibility index (Phi) is 3.77. The van der Waals surface area contributed by atoms with Crippen LogP contribution in [0, 0.1) is 6.92 Å². The Bertz CT molecular complexity index is 739. The maximum Gasteiger partial charge on any atom is 0.227 e. The van der Waals surface area contributed by atoms with E-state index < -0.39 is 9.84 Å². The lowest BCUT2D eigenvalue weighted by molar-refractivity contribution is 0.368. The van der Waals surface area contributed by atoms with E-state index in [1.165, 1.54) is 0 Å². The van der Waals surface area contributed by atoms with Gasteiger partial charge in [0.15, 0.2) is 15.7 Å². The second-order valence-electron chi connectivity index (χ2n) is 5.14. The first-order valence-electron chi connectivity index (χ1n) is 6.90. The molecule has 1 N–H and O–H groups in total. The van der Waals surface area contributed by atoms with Crippen molar-refractivity contribution >= 4 is 9.84 Å². The van der Waals surface area contributed by atoms with Gasteiger partial charge in [-0.25, -0.2) is 8.42 Å². The first kappa shape index (κ1) is 14.2. The lowest BCUT2D eigenvalue weighted by atomic mass is 10.0. The highest BCUT2D eigenvalue weighted by atomic mass is 32.2. The molecular formula is C14H17N3O3S. The number of nitrogens with one attached hydrogen (secondary N) is 1. The summed E-state index contributed by atoms with van der Waals surface area (Å²) in [6.07, 6.45) is 1.22. The molecule has 0 spiro atoms. The summed E-state index contributed by atoms with van der Waals surface area (Å²) < 4.78 is 29.2. The van der Waals surface area contributed by atoms with E-state index in [1.54, 1.807) is 19.1 Å². The topological polar surface area (TPSA) is 85.1 Å². The highest BCUT2D eigenvalue weighted by molar-refractivity contribution is 7.91. The maximum absolute atomic E-state index is 12.1. The molecule has 0 fully saturated rings. The highest BCUT2D eigenvalue weighted by Gasteiger charge is 2.29. The molecule has 1 aliphatic heterocycles. The quantitative estimate of drug-likeness (QED) is 0.919. The van der Waals surface area contributed by atoms with Gasteiger partial charge in [-0.05, 0) is 25.0 Å². The highest BCUT2D eigenvalue weighted by Crippen LogP contribution is 2.31. The van der Waals surface area contributed by atoms with Crippen molar-refractivity contribution in [3.05, 3.63) is 41.5 Å². The summed E-state index contributed by atoms with van der Waals surface area (Å²) in [5.41, 5.74) is 0.852. The zero-order valence-corrected chi connectivity index (χ0v) is 12.6. The fourth-order valence-corrected chi connectivity index (χ4v) is 4.22. The number of rotatable bonds is 4. The molecular weight excluding hydrogens is 290 g/mol. The molecule has 1 aromatic heterocycles. The van der Waals surface area contributed by atoms with Gasteiger partial charge < -0.3 is 9.84 Å². The predicted molar refractivity (Wildman–Crippen MR) is 76.6 cm³/mol. The maximum atomic E-state index is 12.1. The molecule has 2 heterocycles. The Balaban J connectivity index is 1.69. The van der Waals surface area contributed by atoms with Gasteiger partial charge in [-0.3, -0.25) is 0 Å². The summed E-state index contributed by atoms with van der Waals surface area (Å²) in [6, 6.07) is 7.24. The third-order valence-electron chi connectivity index (χ3n) is 3.60. The largest absolute Gasteiger partial charge is 0.339 e. The molecule has 7 heteroatoms. The molecule has 3 rings (SSSR count). The van der Waals surface area contributed by atoms with E-state index in [4.69, 9.17) is 4.52 Å². The van der Waals surface area contributed by atoms with Gasteiger partial charge in [-0.15, -0.1) is 0 Å². The number of sulfone groups is 1. The van der Waals surface area contributed by atoms with Gasteiger partial charge in [0.2, 0.25) is 5.89 Å². The summed E-state index contributed by atoms with van der Waals surface area (Å²) in [5, 5.41) is 7.12. The molecule has 6 nitrogen and oxygen atoms in total. The molecule has 0 saturated carbocycles. The summed E-state index contributed by atoms with van der Waals surface area (Å²) in [6.45, 7) is 2.45. The molecule has 21 heavy (non-hydrogen) atoms. The minimum Gasteiger partial charge on any atom is -0.339 e. The lowest BCUT2D eigenvalue weighted by Crippen LogP contribution is -2.31. The molecule has 1 aromatic carbocycles. The minimum atomic E-state index is -3.13. The van der Waals surface area contributed by atoms with E-state index in [0.717, 1.165) is 5.56 Å². The van der Waals surface area contributed by atoms with Crippen molar-refractivity contribution in [2.75, 3.05) is 12.3 Å². The third kappa shape index (κ3) is 2.98. The number of nitrogens with zero attached hydrogens (tertiary/aromatic N) is 2. The number of hydrogen-bond donors (Lipinski definition) is 1. The van der Waals surface area contributed by atoms with Crippen LogP contribution in [0.25, 0.3) is 0 Å². The SMILES string of the molecule is Cc1noc(CCNC2CCS(=O)(=O)c3ccccc32)n1. The Morgan fingerprint density at radius 3 is 2.95 bits per heavy atom. The van der Waals surface area contributed by atoms with Gasteiger partial charge in [0.05, 0.1) is 10.6 Å². The molecule has 0 aliphatic carbocycles. The number of hydrogen-bond acceptors (Lipinski definition) is 6. The second kappa shape index (κ2) is 5.57. The van der Waals surface area contributed by atoms with E-state index in [0.29, 0.717) is 36.0 Å². The molecule has 0 amide bonds. The summed E-state index contributed by atoms with van der Waals surface area (Å²) in [7, 11) is -3.13. The molecule has 0 radical (unpaired) electrons. The van der Waals surface area contributed by atoms with Crippen LogP contribution in [0.2, 0.25) is 0 Å². The van der Waals surface area contributed by atoms with E-state index >= 15 is 0 Å². The van der Waals surface area contributed by atoms with Crippen LogP contribution in [0.5, 0.6) is 0 Å². The predicted octanol–water partition coefficient (Wildman–Crippen LogP) is 1.43. The van der Waals surface area contributed by atoms with Gasteiger partial charge in [0.25, 0.3) is 0 Å². The van der Waals surface area contributed by atoms with Crippen LogP contribution in [-0.4, -0.2) is 30.9 Å². The fraction of sp³-hybridized carbons (Fsp3) is 0.429. The van der Waals surface area contributed by atoms with Crippen molar-refractivity contribution in [3.63, 3.8) is 0 Å². The second-order valence-corrected chi connectivity index (χ2v) is 7.21. The average Bonchev–Trinajstić information content (AvgIpc) is 2.87. The van der Waals surface area contributed by atoms with Crippen molar-refractivity contribution in [2.45, 2.75) is 30.7 Å². The zero-order chi connectivity index (χ0) is 14.9. The van der Waals surface area contributed by atoms with Crippen molar-refractivity contribution in [1.82, 2.24) is 15.5 Å². The van der Waals surface area contributed by atoms with Gasteiger partial charge in [0.1, 0.15) is 0 Å². The normalized spacial score (nSPS) is 20.1. The first-order chi connectivity index (χ1) is 10.1. The van der Waals surface area contributed by atoms with Crippen molar-refractivity contribution < 1.29 is 12.9 Å². The Hall–Kier alpha value is -1.73. The van der Waals surface area contributed by atoms with Crippen LogP contribution in [-0.2, 0) is 16.3 Å². The van der Waals surface area contributed by atoms with Crippen LogP contribution >= 0.6 is 0 Å². The Labute approximate surface area is 123 Å².